The van der Waals surface area contributed by atoms with Crippen LogP contribution in [-0.4, -0.2) is 32.7 Å². The van der Waals surface area contributed by atoms with Crippen molar-refractivity contribution < 1.29 is 9.59 Å². The van der Waals surface area contributed by atoms with Crippen LogP contribution in [0.4, 0.5) is 0 Å². The molecular weight excluding hydrogens is 378 g/mol. The van der Waals surface area contributed by atoms with Gasteiger partial charge in [-0.25, -0.2) is 4.98 Å². The van der Waals surface area contributed by atoms with Gasteiger partial charge in [-0.05, 0) is 36.2 Å². The molecule has 7 nitrogen and oxygen atoms in total. The molecule has 0 atom stereocenters. The van der Waals surface area contributed by atoms with E-state index < -0.39 is 0 Å². The topological polar surface area (TPSA) is 88.4 Å². The summed E-state index contributed by atoms with van der Waals surface area (Å²) in [5.74, 6) is -0.495. The summed E-state index contributed by atoms with van der Waals surface area (Å²) in [6.07, 6.45) is 4.11. The van der Waals surface area contributed by atoms with Crippen molar-refractivity contribution >= 4 is 17.3 Å². The van der Waals surface area contributed by atoms with Crippen LogP contribution in [-0.2, 0) is 13.0 Å². The third-order valence-corrected chi connectivity index (χ3v) is 4.66. The number of amides is 2. The van der Waals surface area contributed by atoms with Crippen LogP contribution in [0.2, 0.25) is 0 Å². The van der Waals surface area contributed by atoms with E-state index >= 15 is 0 Å². The van der Waals surface area contributed by atoms with Gasteiger partial charge in [0.15, 0.2) is 5.69 Å². The van der Waals surface area contributed by atoms with E-state index in [-0.39, 0.29) is 29.9 Å². The van der Waals surface area contributed by atoms with Crippen molar-refractivity contribution in [3.8, 4) is 0 Å². The van der Waals surface area contributed by atoms with Crippen molar-refractivity contribution in [2.75, 3.05) is 6.54 Å². The Hall–Kier alpha value is -4.00. The first kappa shape index (κ1) is 19.3. The van der Waals surface area contributed by atoms with E-state index in [1.807, 2.05) is 54.6 Å². The second-order valence-corrected chi connectivity index (χ2v) is 6.74. The smallest absolute Gasteiger partial charge is 0.287 e. The van der Waals surface area contributed by atoms with E-state index in [1.165, 1.54) is 0 Å². The minimum atomic E-state index is -0.354. The minimum absolute atomic E-state index is 0.182. The number of aromatic nitrogens is 3. The molecule has 30 heavy (non-hydrogen) atoms. The first-order valence-corrected chi connectivity index (χ1v) is 9.69. The molecule has 0 aliphatic rings. The largest absolute Gasteiger partial charge is 0.349 e. The van der Waals surface area contributed by atoms with Crippen LogP contribution in [0.3, 0.4) is 0 Å². The Balaban J connectivity index is 1.48. The van der Waals surface area contributed by atoms with Crippen molar-refractivity contribution in [3.05, 3.63) is 102 Å². The van der Waals surface area contributed by atoms with Crippen LogP contribution in [0, 0.1) is 0 Å². The third-order valence-electron chi connectivity index (χ3n) is 4.66. The number of nitrogens with one attached hydrogen (secondary N) is 2. The number of carbonyl (C=O) groups is 2. The molecule has 1 aromatic carbocycles. The van der Waals surface area contributed by atoms with Gasteiger partial charge in [-0.2, -0.15) is 0 Å². The number of hydrogen-bond donors (Lipinski definition) is 2. The Bertz CT molecular complexity index is 1160. The Labute approximate surface area is 173 Å². The summed E-state index contributed by atoms with van der Waals surface area (Å²) in [5, 5.41) is 5.70. The molecule has 0 fully saturated rings. The zero-order chi connectivity index (χ0) is 20.8. The molecule has 3 heterocycles. The van der Waals surface area contributed by atoms with E-state index in [2.05, 4.69) is 20.6 Å². The first-order chi connectivity index (χ1) is 14.7. The third kappa shape index (κ3) is 4.35. The predicted octanol–water partition coefficient (Wildman–Crippen LogP) is 2.63. The lowest BCUT2D eigenvalue weighted by Gasteiger charge is -2.04. The zero-order valence-corrected chi connectivity index (χ0v) is 16.3. The molecule has 0 bridgehead atoms. The number of fused-ring (bicyclic) bond motifs is 1. The summed E-state index contributed by atoms with van der Waals surface area (Å²) in [6, 6.07) is 20.8. The molecule has 0 spiro atoms. The lowest BCUT2D eigenvalue weighted by molar-refractivity contribution is 0.0943. The highest BCUT2D eigenvalue weighted by Gasteiger charge is 2.21. The molecule has 4 rings (SSSR count). The van der Waals surface area contributed by atoms with Crippen LogP contribution in [0.5, 0.6) is 0 Å². The van der Waals surface area contributed by atoms with E-state index in [4.69, 9.17) is 0 Å². The molecule has 3 aromatic heterocycles. The lowest BCUT2D eigenvalue weighted by Crippen LogP contribution is -2.28. The van der Waals surface area contributed by atoms with E-state index in [1.54, 1.807) is 28.9 Å². The summed E-state index contributed by atoms with van der Waals surface area (Å²) in [6.45, 7) is 0.760. The Morgan fingerprint density at radius 3 is 2.47 bits per heavy atom. The van der Waals surface area contributed by atoms with Gasteiger partial charge in [0.05, 0.1) is 17.8 Å². The van der Waals surface area contributed by atoms with Crippen LogP contribution >= 0.6 is 0 Å². The Kier molecular flexibility index (Phi) is 5.80. The molecule has 2 N–H and O–H groups in total. The molecule has 4 aromatic rings. The van der Waals surface area contributed by atoms with Gasteiger partial charge in [0, 0.05) is 18.9 Å². The van der Waals surface area contributed by atoms with Crippen molar-refractivity contribution in [1.82, 2.24) is 25.0 Å². The number of hydrogen-bond acceptors (Lipinski definition) is 4. The quantitative estimate of drug-likeness (QED) is 0.500. The standard InChI is InChI=1S/C23H21N5O2/c29-22(26-16-18-10-4-6-13-24-18)20-19-11-5-7-15-28(19)21(27-20)23(30)25-14-12-17-8-2-1-3-9-17/h1-11,13,15H,12,14,16H2,(H,25,30)(H,26,29). The summed E-state index contributed by atoms with van der Waals surface area (Å²) < 4.78 is 1.63. The second-order valence-electron chi connectivity index (χ2n) is 6.74. The van der Waals surface area contributed by atoms with E-state index in [9.17, 15) is 9.59 Å². The molecule has 0 saturated heterocycles. The molecule has 2 amide bonds. The number of benzene rings is 1. The number of carbonyl (C=O) groups excluding carboxylic acids is 2. The average Bonchev–Trinajstić information content (AvgIpc) is 3.19. The second kappa shape index (κ2) is 9.00. The molecule has 0 saturated carbocycles. The Morgan fingerprint density at radius 1 is 0.867 bits per heavy atom. The van der Waals surface area contributed by atoms with E-state index in [0.29, 0.717) is 18.5 Å². The lowest BCUT2D eigenvalue weighted by atomic mass is 10.1. The number of pyridine rings is 2. The van der Waals surface area contributed by atoms with Crippen molar-refractivity contribution in [3.63, 3.8) is 0 Å². The van der Waals surface area contributed by atoms with Gasteiger partial charge in [0.2, 0.25) is 5.82 Å². The normalized spacial score (nSPS) is 10.7. The van der Waals surface area contributed by atoms with Crippen LogP contribution in [0.25, 0.3) is 5.52 Å². The summed E-state index contributed by atoms with van der Waals surface area (Å²) in [4.78, 5) is 34.0. The minimum Gasteiger partial charge on any atom is -0.349 e. The molecule has 0 radical (unpaired) electrons. The van der Waals surface area contributed by atoms with Gasteiger partial charge in [-0.15, -0.1) is 0 Å². The fourth-order valence-electron chi connectivity index (χ4n) is 3.17. The maximum atomic E-state index is 12.7. The summed E-state index contributed by atoms with van der Waals surface area (Å²) in [7, 11) is 0. The molecule has 150 valence electrons. The van der Waals surface area contributed by atoms with Crippen molar-refractivity contribution in [2.45, 2.75) is 13.0 Å². The highest BCUT2D eigenvalue weighted by atomic mass is 16.2. The van der Waals surface area contributed by atoms with Crippen molar-refractivity contribution in [1.29, 1.82) is 0 Å². The monoisotopic (exact) mass is 399 g/mol. The maximum Gasteiger partial charge on any atom is 0.287 e. The molecule has 0 aliphatic heterocycles. The molecule has 7 heteroatoms. The van der Waals surface area contributed by atoms with Crippen LogP contribution < -0.4 is 10.6 Å². The van der Waals surface area contributed by atoms with Crippen LogP contribution in [0.1, 0.15) is 32.4 Å². The first-order valence-electron chi connectivity index (χ1n) is 9.69. The Morgan fingerprint density at radius 2 is 1.67 bits per heavy atom. The highest BCUT2D eigenvalue weighted by Crippen LogP contribution is 2.13. The van der Waals surface area contributed by atoms with Gasteiger partial charge in [0.1, 0.15) is 0 Å². The van der Waals surface area contributed by atoms with Gasteiger partial charge in [-0.3, -0.25) is 19.0 Å². The SMILES string of the molecule is O=C(NCc1ccccn1)c1nc(C(=O)NCCc2ccccc2)n2ccccc12. The highest BCUT2D eigenvalue weighted by molar-refractivity contribution is 6.02. The predicted molar refractivity (Wildman–Crippen MR) is 113 cm³/mol. The van der Waals surface area contributed by atoms with Gasteiger partial charge >= 0.3 is 0 Å². The summed E-state index contributed by atoms with van der Waals surface area (Å²) >= 11 is 0. The zero-order valence-electron chi connectivity index (χ0n) is 16.3. The molecule has 0 aliphatic carbocycles. The number of rotatable bonds is 7. The van der Waals surface area contributed by atoms with Crippen molar-refractivity contribution in [2.24, 2.45) is 0 Å². The average molecular weight is 399 g/mol. The van der Waals surface area contributed by atoms with Gasteiger partial charge in [0.25, 0.3) is 11.8 Å². The molecule has 0 unspecified atom stereocenters. The fraction of sp³-hybridized carbons (Fsp3) is 0.130. The van der Waals surface area contributed by atoms with Gasteiger partial charge in [-0.1, -0.05) is 42.5 Å². The molecular formula is C23H21N5O2. The number of nitrogens with zero attached hydrogens (tertiary/aromatic N) is 3. The number of imidazole rings is 1. The van der Waals surface area contributed by atoms with Gasteiger partial charge < -0.3 is 10.6 Å². The van der Waals surface area contributed by atoms with Crippen LogP contribution in [0.15, 0.2) is 79.1 Å². The maximum absolute atomic E-state index is 12.7. The fourth-order valence-corrected chi connectivity index (χ4v) is 3.17. The van der Waals surface area contributed by atoms with E-state index in [0.717, 1.165) is 11.3 Å². The summed E-state index contributed by atoms with van der Waals surface area (Å²) in [5.41, 5.74) is 2.66.